The van der Waals surface area contributed by atoms with Crippen LogP contribution in [0.15, 0.2) is 84.4 Å². The van der Waals surface area contributed by atoms with Crippen molar-refractivity contribution < 1.29 is 9.59 Å². The van der Waals surface area contributed by atoms with Crippen molar-refractivity contribution in [3.63, 3.8) is 0 Å². The zero-order valence-electron chi connectivity index (χ0n) is 16.8. The number of hydrogen-bond acceptors (Lipinski definition) is 2. The molecule has 156 valence electrons. The number of hydrogen-bond donors (Lipinski definition) is 1. The highest BCUT2D eigenvalue weighted by atomic mass is 35.5. The van der Waals surface area contributed by atoms with E-state index in [1.165, 1.54) is 0 Å². The van der Waals surface area contributed by atoms with Crippen LogP contribution < -0.4 is 10.2 Å². The van der Waals surface area contributed by atoms with E-state index >= 15 is 0 Å². The molecule has 2 amide bonds. The quantitative estimate of drug-likeness (QED) is 0.469. The van der Waals surface area contributed by atoms with Crippen molar-refractivity contribution in [1.29, 1.82) is 0 Å². The van der Waals surface area contributed by atoms with Crippen molar-refractivity contribution in [2.24, 2.45) is 0 Å². The summed E-state index contributed by atoms with van der Waals surface area (Å²) in [6.45, 7) is 1.88. The van der Waals surface area contributed by atoms with Gasteiger partial charge in [0.05, 0.1) is 6.42 Å². The summed E-state index contributed by atoms with van der Waals surface area (Å²) in [7, 11) is 0. The number of carbonyl (C=O) groups excluding carboxylic acids is 2. The average molecular weight is 451 g/mol. The van der Waals surface area contributed by atoms with Gasteiger partial charge in [-0.25, -0.2) is 0 Å². The molecule has 1 unspecified atom stereocenters. The molecule has 4 rings (SSSR count). The molecule has 31 heavy (non-hydrogen) atoms. The van der Waals surface area contributed by atoms with E-state index in [9.17, 15) is 9.59 Å². The number of carbonyl (C=O) groups is 2. The Labute approximate surface area is 191 Å². The molecule has 0 bridgehead atoms. The fraction of sp³-hybridized carbons (Fsp3) is 0.120. The molecule has 1 aliphatic rings. The summed E-state index contributed by atoms with van der Waals surface area (Å²) in [5.41, 5.74) is 1.79. The van der Waals surface area contributed by atoms with Gasteiger partial charge in [-0.1, -0.05) is 59.6 Å². The lowest BCUT2D eigenvalue weighted by molar-refractivity contribution is -0.135. The molecule has 1 atom stereocenters. The van der Waals surface area contributed by atoms with Crippen molar-refractivity contribution in [3.05, 3.63) is 100 Å². The Morgan fingerprint density at radius 1 is 0.935 bits per heavy atom. The fourth-order valence-corrected chi connectivity index (χ4v) is 4.07. The topological polar surface area (TPSA) is 49.4 Å². The lowest BCUT2D eigenvalue weighted by Crippen LogP contribution is -2.70. The van der Waals surface area contributed by atoms with Crippen molar-refractivity contribution >= 4 is 52.5 Å². The van der Waals surface area contributed by atoms with Gasteiger partial charge in [0.2, 0.25) is 5.91 Å². The standard InChI is InChI=1S/C25H20Cl2N2O2/c1-17(15-18-5-3-2-4-6-18)25(24(31)28-21-11-7-19(26)8-12-21)16-23(30)29(25)22-13-9-20(27)10-14-22/h2-15H,16H2,1H3,(H,28,31). The highest BCUT2D eigenvalue weighted by molar-refractivity contribution is 6.31. The van der Waals surface area contributed by atoms with Crippen LogP contribution in [0.4, 0.5) is 11.4 Å². The smallest absolute Gasteiger partial charge is 0.255 e. The van der Waals surface area contributed by atoms with Crippen LogP contribution in [0.25, 0.3) is 6.08 Å². The van der Waals surface area contributed by atoms with Crippen molar-refractivity contribution in [3.8, 4) is 0 Å². The maximum Gasteiger partial charge on any atom is 0.255 e. The minimum atomic E-state index is -1.15. The van der Waals surface area contributed by atoms with Crippen LogP contribution in [0.2, 0.25) is 10.0 Å². The molecule has 0 radical (unpaired) electrons. The molecule has 1 aliphatic heterocycles. The normalized spacial score (nSPS) is 18.5. The van der Waals surface area contributed by atoms with E-state index in [2.05, 4.69) is 5.32 Å². The van der Waals surface area contributed by atoms with E-state index in [4.69, 9.17) is 23.2 Å². The monoisotopic (exact) mass is 450 g/mol. The molecule has 0 spiro atoms. The van der Waals surface area contributed by atoms with Crippen LogP contribution in [-0.4, -0.2) is 17.4 Å². The van der Waals surface area contributed by atoms with Crippen LogP contribution >= 0.6 is 23.2 Å². The first-order valence-corrected chi connectivity index (χ1v) is 10.6. The van der Waals surface area contributed by atoms with Crippen LogP contribution in [0, 0.1) is 0 Å². The van der Waals surface area contributed by atoms with Gasteiger partial charge in [-0.2, -0.15) is 0 Å². The van der Waals surface area contributed by atoms with Crippen molar-refractivity contribution in [2.45, 2.75) is 18.9 Å². The number of amides is 2. The van der Waals surface area contributed by atoms with E-state index in [0.717, 1.165) is 11.1 Å². The number of anilines is 2. The number of rotatable bonds is 5. The first kappa shape index (κ1) is 21.2. The Bertz CT molecular complexity index is 1140. The van der Waals surface area contributed by atoms with Gasteiger partial charge < -0.3 is 5.32 Å². The summed E-state index contributed by atoms with van der Waals surface area (Å²) in [6.07, 6.45) is 2.01. The number of nitrogens with one attached hydrogen (secondary N) is 1. The summed E-state index contributed by atoms with van der Waals surface area (Å²) in [5, 5.41) is 4.09. The predicted molar refractivity (Wildman–Crippen MR) is 126 cm³/mol. The number of nitrogens with zero attached hydrogens (tertiary/aromatic N) is 1. The molecule has 3 aromatic carbocycles. The molecular formula is C25H20Cl2N2O2. The minimum absolute atomic E-state index is 0.0736. The summed E-state index contributed by atoms with van der Waals surface area (Å²) < 4.78 is 0. The first-order chi connectivity index (χ1) is 14.9. The van der Waals surface area contributed by atoms with E-state index in [-0.39, 0.29) is 18.2 Å². The second kappa shape index (κ2) is 8.58. The van der Waals surface area contributed by atoms with Crippen molar-refractivity contribution in [1.82, 2.24) is 0 Å². The van der Waals surface area contributed by atoms with E-state index in [1.807, 2.05) is 43.3 Å². The van der Waals surface area contributed by atoms with E-state index in [1.54, 1.807) is 53.4 Å². The zero-order valence-corrected chi connectivity index (χ0v) is 18.3. The lowest BCUT2D eigenvalue weighted by atomic mass is 9.75. The van der Waals surface area contributed by atoms with Crippen LogP contribution in [0.1, 0.15) is 18.9 Å². The Morgan fingerprint density at radius 3 is 2.10 bits per heavy atom. The Hall–Kier alpha value is -3.08. The molecule has 0 aliphatic carbocycles. The molecule has 0 aromatic heterocycles. The summed E-state index contributed by atoms with van der Waals surface area (Å²) in [5.74, 6) is -0.413. The lowest BCUT2D eigenvalue weighted by Gasteiger charge is -2.51. The zero-order chi connectivity index (χ0) is 22.0. The molecule has 0 saturated carbocycles. The van der Waals surface area contributed by atoms with Crippen LogP contribution in [0.3, 0.4) is 0 Å². The summed E-state index contributed by atoms with van der Waals surface area (Å²) in [6, 6.07) is 23.5. The van der Waals surface area contributed by atoms with E-state index < -0.39 is 5.54 Å². The van der Waals surface area contributed by atoms with Gasteiger partial charge in [-0.15, -0.1) is 0 Å². The minimum Gasteiger partial charge on any atom is -0.324 e. The molecule has 3 aromatic rings. The maximum absolute atomic E-state index is 13.6. The SMILES string of the molecule is CC(=Cc1ccccc1)C1(C(=O)Nc2ccc(Cl)cc2)CC(=O)N1c1ccc(Cl)cc1. The van der Waals surface area contributed by atoms with Crippen LogP contribution in [0.5, 0.6) is 0 Å². The van der Waals surface area contributed by atoms with Gasteiger partial charge in [0.1, 0.15) is 0 Å². The third kappa shape index (κ3) is 4.09. The Balaban J connectivity index is 1.77. The van der Waals surface area contributed by atoms with Gasteiger partial charge in [-0.3, -0.25) is 14.5 Å². The van der Waals surface area contributed by atoms with Crippen LogP contribution in [-0.2, 0) is 9.59 Å². The largest absolute Gasteiger partial charge is 0.324 e. The highest BCUT2D eigenvalue weighted by Crippen LogP contribution is 2.44. The van der Waals surface area contributed by atoms with Gasteiger partial charge in [0.25, 0.3) is 5.91 Å². The first-order valence-electron chi connectivity index (χ1n) is 9.79. The van der Waals surface area contributed by atoms with Gasteiger partial charge in [0, 0.05) is 21.4 Å². The molecule has 1 fully saturated rings. The Morgan fingerprint density at radius 2 is 1.52 bits per heavy atom. The number of β-lactam (4-membered cyclic amide) rings is 1. The molecule has 6 heteroatoms. The third-order valence-electron chi connectivity index (χ3n) is 5.44. The number of halogens is 2. The number of benzene rings is 3. The predicted octanol–water partition coefficient (Wildman–Crippen LogP) is 6.21. The second-order valence-electron chi connectivity index (χ2n) is 7.44. The summed E-state index contributed by atoms with van der Waals surface area (Å²) in [4.78, 5) is 27.9. The third-order valence-corrected chi connectivity index (χ3v) is 5.94. The molecule has 1 saturated heterocycles. The fourth-order valence-electron chi connectivity index (χ4n) is 3.82. The van der Waals surface area contributed by atoms with E-state index in [0.29, 0.717) is 21.4 Å². The molecule has 1 heterocycles. The second-order valence-corrected chi connectivity index (χ2v) is 8.31. The maximum atomic E-state index is 13.6. The molecule has 4 nitrogen and oxygen atoms in total. The highest BCUT2D eigenvalue weighted by Gasteiger charge is 2.58. The van der Waals surface area contributed by atoms with Gasteiger partial charge >= 0.3 is 0 Å². The van der Waals surface area contributed by atoms with Gasteiger partial charge in [-0.05, 0) is 66.6 Å². The molecule has 1 N–H and O–H groups in total. The van der Waals surface area contributed by atoms with Gasteiger partial charge in [0.15, 0.2) is 5.54 Å². The van der Waals surface area contributed by atoms with Crippen molar-refractivity contribution in [2.75, 3.05) is 10.2 Å². The Kier molecular flexibility index (Phi) is 5.86. The molecular weight excluding hydrogens is 431 g/mol. The summed E-state index contributed by atoms with van der Waals surface area (Å²) >= 11 is 12.0. The average Bonchev–Trinajstić information content (AvgIpc) is 2.75.